The zero-order valence-electron chi connectivity index (χ0n) is 14.7. The van der Waals surface area contributed by atoms with E-state index in [0.29, 0.717) is 6.54 Å². The Kier molecular flexibility index (Phi) is 5.39. The maximum Gasteiger partial charge on any atom is 0.230 e. The van der Waals surface area contributed by atoms with Gasteiger partial charge >= 0.3 is 0 Å². The molecular formula is C21H26N2O2. The number of hydrogen-bond acceptors (Lipinski definition) is 3. The van der Waals surface area contributed by atoms with Crippen molar-refractivity contribution in [3.05, 3.63) is 65.7 Å². The predicted molar refractivity (Wildman–Crippen MR) is 99.5 cm³/mol. The minimum Gasteiger partial charge on any atom is -0.497 e. The normalized spacial score (nSPS) is 17.0. The van der Waals surface area contributed by atoms with Crippen molar-refractivity contribution in [1.29, 1.82) is 0 Å². The van der Waals surface area contributed by atoms with Crippen LogP contribution >= 0.6 is 0 Å². The summed E-state index contributed by atoms with van der Waals surface area (Å²) < 4.78 is 5.34. The summed E-state index contributed by atoms with van der Waals surface area (Å²) in [6.45, 7) is 0.439. The third-order valence-electron chi connectivity index (χ3n) is 5.22. The first kappa shape index (κ1) is 17.5. The van der Waals surface area contributed by atoms with Gasteiger partial charge in [-0.1, -0.05) is 55.3 Å². The number of amides is 1. The van der Waals surface area contributed by atoms with Gasteiger partial charge in [0, 0.05) is 12.6 Å². The van der Waals surface area contributed by atoms with Gasteiger partial charge in [0.15, 0.2) is 0 Å². The van der Waals surface area contributed by atoms with Gasteiger partial charge in [-0.15, -0.1) is 0 Å². The quantitative estimate of drug-likeness (QED) is 0.849. The fourth-order valence-electron chi connectivity index (χ4n) is 3.74. The molecule has 1 fully saturated rings. The van der Waals surface area contributed by atoms with E-state index in [-0.39, 0.29) is 11.9 Å². The summed E-state index contributed by atoms with van der Waals surface area (Å²) in [5.41, 5.74) is 7.84. The van der Waals surface area contributed by atoms with E-state index in [4.69, 9.17) is 10.5 Å². The van der Waals surface area contributed by atoms with Crippen LogP contribution in [0.15, 0.2) is 54.6 Å². The molecule has 3 N–H and O–H groups in total. The molecule has 0 radical (unpaired) electrons. The number of nitrogens with one attached hydrogen (secondary N) is 1. The van der Waals surface area contributed by atoms with Crippen LogP contribution in [-0.2, 0) is 10.2 Å². The third-order valence-corrected chi connectivity index (χ3v) is 5.22. The molecule has 0 bridgehead atoms. The van der Waals surface area contributed by atoms with Crippen molar-refractivity contribution in [2.75, 3.05) is 13.7 Å². The van der Waals surface area contributed by atoms with Crippen molar-refractivity contribution in [2.45, 2.75) is 37.1 Å². The fraction of sp³-hybridized carbons (Fsp3) is 0.381. The second-order valence-electron chi connectivity index (χ2n) is 6.75. The van der Waals surface area contributed by atoms with E-state index in [1.807, 2.05) is 54.6 Å². The lowest BCUT2D eigenvalue weighted by atomic mass is 9.78. The summed E-state index contributed by atoms with van der Waals surface area (Å²) in [5, 5.41) is 3.09. The Morgan fingerprint density at radius 1 is 1.16 bits per heavy atom. The lowest BCUT2D eigenvalue weighted by molar-refractivity contribution is -0.126. The summed E-state index contributed by atoms with van der Waals surface area (Å²) >= 11 is 0. The largest absolute Gasteiger partial charge is 0.497 e. The van der Waals surface area contributed by atoms with Crippen LogP contribution < -0.4 is 15.8 Å². The summed E-state index contributed by atoms with van der Waals surface area (Å²) in [6, 6.07) is 17.6. The van der Waals surface area contributed by atoms with Gasteiger partial charge in [-0.3, -0.25) is 4.79 Å². The number of hydrogen-bond donors (Lipinski definition) is 2. The average molecular weight is 338 g/mol. The van der Waals surface area contributed by atoms with Crippen molar-refractivity contribution in [3.63, 3.8) is 0 Å². The number of carbonyl (C=O) groups excluding carboxylic acids is 1. The van der Waals surface area contributed by atoms with Gasteiger partial charge in [0.05, 0.1) is 12.5 Å². The highest BCUT2D eigenvalue weighted by Crippen LogP contribution is 2.42. The first-order valence-corrected chi connectivity index (χ1v) is 8.89. The first-order valence-electron chi connectivity index (χ1n) is 8.89. The minimum absolute atomic E-state index is 0.0737. The zero-order valence-corrected chi connectivity index (χ0v) is 14.7. The van der Waals surface area contributed by atoms with Crippen molar-refractivity contribution in [2.24, 2.45) is 5.73 Å². The van der Waals surface area contributed by atoms with Gasteiger partial charge in [0.2, 0.25) is 5.91 Å². The minimum atomic E-state index is -0.467. The SMILES string of the molecule is COc1cccc(C2(C(=O)NCC(N)c3ccccc3)CCCC2)c1. The van der Waals surface area contributed by atoms with Crippen LogP contribution in [0.2, 0.25) is 0 Å². The van der Waals surface area contributed by atoms with Gasteiger partial charge in [-0.2, -0.15) is 0 Å². The maximum absolute atomic E-state index is 13.1. The Balaban J connectivity index is 1.75. The molecule has 1 atom stereocenters. The predicted octanol–water partition coefficient (Wildman–Crippen LogP) is 3.32. The van der Waals surface area contributed by atoms with Crippen LogP contribution in [0.5, 0.6) is 5.75 Å². The molecule has 2 aromatic carbocycles. The van der Waals surface area contributed by atoms with Crippen LogP contribution in [0.1, 0.15) is 42.9 Å². The van der Waals surface area contributed by atoms with Crippen LogP contribution in [0.3, 0.4) is 0 Å². The monoisotopic (exact) mass is 338 g/mol. The number of ether oxygens (including phenoxy) is 1. The van der Waals surface area contributed by atoms with E-state index in [1.54, 1.807) is 7.11 Å². The van der Waals surface area contributed by atoms with Crippen molar-refractivity contribution in [3.8, 4) is 5.75 Å². The van der Waals surface area contributed by atoms with Gasteiger partial charge in [-0.25, -0.2) is 0 Å². The van der Waals surface area contributed by atoms with Gasteiger partial charge in [-0.05, 0) is 36.1 Å². The maximum atomic E-state index is 13.1. The molecule has 0 aliphatic heterocycles. The molecule has 4 heteroatoms. The van der Waals surface area contributed by atoms with E-state index in [9.17, 15) is 4.79 Å². The smallest absolute Gasteiger partial charge is 0.230 e. The second-order valence-corrected chi connectivity index (χ2v) is 6.75. The lowest BCUT2D eigenvalue weighted by Gasteiger charge is -2.29. The molecular weight excluding hydrogens is 312 g/mol. The molecule has 1 unspecified atom stereocenters. The molecule has 132 valence electrons. The average Bonchev–Trinajstić information content (AvgIpc) is 3.18. The van der Waals surface area contributed by atoms with Crippen molar-refractivity contribution in [1.82, 2.24) is 5.32 Å². The fourth-order valence-corrected chi connectivity index (χ4v) is 3.74. The van der Waals surface area contributed by atoms with E-state index in [0.717, 1.165) is 42.6 Å². The van der Waals surface area contributed by atoms with Crippen LogP contribution in [0.25, 0.3) is 0 Å². The Bertz CT molecular complexity index is 709. The second kappa shape index (κ2) is 7.70. The highest BCUT2D eigenvalue weighted by molar-refractivity contribution is 5.88. The Hall–Kier alpha value is -2.33. The number of carbonyl (C=O) groups is 1. The molecule has 1 aliphatic rings. The first-order chi connectivity index (χ1) is 12.2. The molecule has 25 heavy (non-hydrogen) atoms. The van der Waals surface area contributed by atoms with E-state index in [2.05, 4.69) is 5.32 Å². The molecule has 0 spiro atoms. The Labute approximate surface area is 149 Å². The highest BCUT2D eigenvalue weighted by atomic mass is 16.5. The number of nitrogens with two attached hydrogens (primary N) is 1. The molecule has 0 aromatic heterocycles. The molecule has 1 amide bonds. The van der Waals surface area contributed by atoms with Crippen molar-refractivity contribution < 1.29 is 9.53 Å². The Morgan fingerprint density at radius 3 is 2.56 bits per heavy atom. The number of rotatable bonds is 6. The van der Waals surface area contributed by atoms with Crippen molar-refractivity contribution >= 4 is 5.91 Å². The summed E-state index contributed by atoms with van der Waals surface area (Å²) in [4.78, 5) is 13.1. The van der Waals surface area contributed by atoms with E-state index < -0.39 is 5.41 Å². The lowest BCUT2D eigenvalue weighted by Crippen LogP contribution is -2.44. The van der Waals surface area contributed by atoms with Crippen LogP contribution in [0, 0.1) is 0 Å². The molecule has 1 saturated carbocycles. The molecule has 3 rings (SSSR count). The van der Waals surface area contributed by atoms with Crippen LogP contribution in [-0.4, -0.2) is 19.6 Å². The third kappa shape index (κ3) is 3.69. The van der Waals surface area contributed by atoms with Gasteiger partial charge in [0.1, 0.15) is 5.75 Å². The number of methoxy groups -OCH3 is 1. The summed E-state index contributed by atoms with van der Waals surface area (Å²) in [5.74, 6) is 0.863. The molecule has 4 nitrogen and oxygen atoms in total. The molecule has 2 aromatic rings. The van der Waals surface area contributed by atoms with Gasteiger partial charge < -0.3 is 15.8 Å². The topological polar surface area (TPSA) is 64.3 Å². The highest BCUT2D eigenvalue weighted by Gasteiger charge is 2.42. The summed E-state index contributed by atoms with van der Waals surface area (Å²) in [6.07, 6.45) is 3.86. The van der Waals surface area contributed by atoms with Crippen LogP contribution in [0.4, 0.5) is 0 Å². The number of benzene rings is 2. The van der Waals surface area contributed by atoms with E-state index in [1.165, 1.54) is 0 Å². The Morgan fingerprint density at radius 2 is 1.88 bits per heavy atom. The summed E-state index contributed by atoms with van der Waals surface area (Å²) in [7, 11) is 1.65. The van der Waals surface area contributed by atoms with E-state index >= 15 is 0 Å². The van der Waals surface area contributed by atoms with Gasteiger partial charge in [0.25, 0.3) is 0 Å². The standard InChI is InChI=1S/C21H26N2O2/c1-25-18-11-7-10-17(14-18)21(12-5-6-13-21)20(24)23-15-19(22)16-8-3-2-4-9-16/h2-4,7-11,14,19H,5-6,12-13,15,22H2,1H3,(H,23,24). The molecule has 0 heterocycles. The zero-order chi connectivity index (χ0) is 17.7. The molecule has 0 saturated heterocycles. The molecule has 1 aliphatic carbocycles.